The van der Waals surface area contributed by atoms with Gasteiger partial charge in [-0.2, -0.15) is 0 Å². The van der Waals surface area contributed by atoms with Crippen LogP contribution in [0.15, 0.2) is 22.7 Å². The number of carboxylic acid groups (broad SMARTS) is 1. The molecule has 0 aliphatic heterocycles. The Labute approximate surface area is 102 Å². The third-order valence-corrected chi connectivity index (χ3v) is 3.11. The lowest BCUT2D eigenvalue weighted by Crippen LogP contribution is -2.19. The molecule has 0 saturated heterocycles. The second-order valence-electron chi connectivity index (χ2n) is 3.46. The van der Waals surface area contributed by atoms with E-state index in [1.807, 2.05) is 0 Å². The molecule has 1 aromatic carbocycles. The monoisotopic (exact) mass is 288 g/mol. The predicted molar refractivity (Wildman–Crippen MR) is 62.5 cm³/mol. The molecule has 0 aliphatic rings. The van der Waals surface area contributed by atoms with Gasteiger partial charge in [-0.15, -0.1) is 0 Å². The number of hydrogen-bond acceptors (Lipinski definition) is 3. The molecule has 0 aliphatic carbocycles. The second kappa shape index (κ2) is 5.32. The first-order valence-electron chi connectivity index (χ1n) is 4.71. The molecule has 2 N–H and O–H groups in total. The summed E-state index contributed by atoms with van der Waals surface area (Å²) < 4.78 is 5.68. The SMILES string of the molecule is COc1ccc(Br)c(C(O)C(C)C(=O)O)c1. The number of rotatable bonds is 4. The highest BCUT2D eigenvalue weighted by Crippen LogP contribution is 2.31. The van der Waals surface area contributed by atoms with E-state index in [9.17, 15) is 9.90 Å². The largest absolute Gasteiger partial charge is 0.497 e. The van der Waals surface area contributed by atoms with Crippen molar-refractivity contribution in [3.63, 3.8) is 0 Å². The lowest BCUT2D eigenvalue weighted by Gasteiger charge is -2.17. The zero-order chi connectivity index (χ0) is 12.3. The summed E-state index contributed by atoms with van der Waals surface area (Å²) in [5.41, 5.74) is 0.509. The fraction of sp³-hybridized carbons (Fsp3) is 0.364. The van der Waals surface area contributed by atoms with Crippen molar-refractivity contribution in [2.75, 3.05) is 7.11 Å². The van der Waals surface area contributed by atoms with E-state index < -0.39 is 18.0 Å². The highest BCUT2D eigenvalue weighted by atomic mass is 79.9. The molecule has 88 valence electrons. The number of carboxylic acids is 1. The van der Waals surface area contributed by atoms with Crippen LogP contribution in [0.3, 0.4) is 0 Å². The average Bonchev–Trinajstić information content (AvgIpc) is 2.27. The zero-order valence-corrected chi connectivity index (χ0v) is 10.6. The van der Waals surface area contributed by atoms with E-state index in [1.165, 1.54) is 14.0 Å². The molecule has 0 aromatic heterocycles. The van der Waals surface area contributed by atoms with Crippen molar-refractivity contribution in [2.24, 2.45) is 5.92 Å². The van der Waals surface area contributed by atoms with E-state index >= 15 is 0 Å². The van der Waals surface area contributed by atoms with Gasteiger partial charge >= 0.3 is 5.97 Å². The lowest BCUT2D eigenvalue weighted by molar-refractivity contribution is -0.145. The molecule has 2 atom stereocenters. The first-order valence-corrected chi connectivity index (χ1v) is 5.51. The Morgan fingerprint density at radius 1 is 1.50 bits per heavy atom. The highest BCUT2D eigenvalue weighted by molar-refractivity contribution is 9.10. The summed E-state index contributed by atoms with van der Waals surface area (Å²) in [6.07, 6.45) is -1.07. The molecule has 1 rings (SSSR count). The molecule has 0 heterocycles. The molecular weight excluding hydrogens is 276 g/mol. The summed E-state index contributed by atoms with van der Waals surface area (Å²) in [5.74, 6) is -1.33. The molecule has 0 radical (unpaired) electrons. The van der Waals surface area contributed by atoms with Crippen LogP contribution in [0.5, 0.6) is 5.75 Å². The van der Waals surface area contributed by atoms with Crippen molar-refractivity contribution < 1.29 is 19.7 Å². The molecule has 4 nitrogen and oxygen atoms in total. The van der Waals surface area contributed by atoms with Gasteiger partial charge in [0.25, 0.3) is 0 Å². The number of halogens is 1. The van der Waals surface area contributed by atoms with Crippen molar-refractivity contribution in [3.8, 4) is 5.75 Å². The van der Waals surface area contributed by atoms with Crippen LogP contribution in [0.1, 0.15) is 18.6 Å². The zero-order valence-electron chi connectivity index (χ0n) is 8.98. The van der Waals surface area contributed by atoms with E-state index in [2.05, 4.69) is 15.9 Å². The van der Waals surface area contributed by atoms with Crippen LogP contribution >= 0.6 is 15.9 Å². The van der Waals surface area contributed by atoms with E-state index in [4.69, 9.17) is 9.84 Å². The molecule has 0 fully saturated rings. The molecular formula is C11H13BrO4. The topological polar surface area (TPSA) is 66.8 Å². The highest BCUT2D eigenvalue weighted by Gasteiger charge is 2.24. The van der Waals surface area contributed by atoms with Crippen molar-refractivity contribution >= 4 is 21.9 Å². The third-order valence-electron chi connectivity index (χ3n) is 2.38. The van der Waals surface area contributed by atoms with E-state index in [1.54, 1.807) is 18.2 Å². The number of hydrogen-bond donors (Lipinski definition) is 2. The van der Waals surface area contributed by atoms with Gasteiger partial charge in [0.1, 0.15) is 5.75 Å². The number of benzene rings is 1. The van der Waals surface area contributed by atoms with Gasteiger partial charge in [-0.05, 0) is 30.7 Å². The summed E-state index contributed by atoms with van der Waals surface area (Å²) in [6.45, 7) is 1.46. The fourth-order valence-electron chi connectivity index (χ4n) is 1.28. The molecule has 0 amide bonds. The van der Waals surface area contributed by atoms with Gasteiger partial charge in [0.15, 0.2) is 0 Å². The minimum atomic E-state index is -1.07. The minimum Gasteiger partial charge on any atom is -0.497 e. The average molecular weight is 289 g/mol. The Kier molecular flexibility index (Phi) is 4.32. The van der Waals surface area contributed by atoms with Crippen molar-refractivity contribution in [1.29, 1.82) is 0 Å². The standard InChI is InChI=1S/C11H13BrO4/c1-6(11(14)15)10(13)8-5-7(16-2)3-4-9(8)12/h3-6,10,13H,1-2H3,(H,14,15). The molecule has 5 heteroatoms. The summed E-state index contributed by atoms with van der Waals surface area (Å²) in [5, 5.41) is 18.7. The van der Waals surface area contributed by atoms with Gasteiger partial charge in [-0.3, -0.25) is 4.79 Å². The fourth-order valence-corrected chi connectivity index (χ4v) is 1.76. The number of carbonyl (C=O) groups is 1. The van der Waals surface area contributed by atoms with E-state index in [0.717, 1.165) is 0 Å². The molecule has 2 unspecified atom stereocenters. The first kappa shape index (κ1) is 13.0. The van der Waals surface area contributed by atoms with Crippen molar-refractivity contribution in [3.05, 3.63) is 28.2 Å². The van der Waals surface area contributed by atoms with Crippen LogP contribution in [0.4, 0.5) is 0 Å². The molecule has 0 spiro atoms. The minimum absolute atomic E-state index is 0.509. The van der Waals surface area contributed by atoms with Gasteiger partial charge in [-0.1, -0.05) is 15.9 Å². The Morgan fingerprint density at radius 3 is 2.62 bits per heavy atom. The lowest BCUT2D eigenvalue weighted by atomic mass is 9.97. The number of aliphatic carboxylic acids is 1. The molecule has 0 bridgehead atoms. The Morgan fingerprint density at radius 2 is 2.12 bits per heavy atom. The number of aliphatic hydroxyl groups excluding tert-OH is 1. The summed E-state index contributed by atoms with van der Waals surface area (Å²) in [7, 11) is 1.51. The van der Waals surface area contributed by atoms with Crippen LogP contribution in [0.2, 0.25) is 0 Å². The summed E-state index contributed by atoms with van der Waals surface area (Å²) in [4.78, 5) is 10.8. The Hall–Kier alpha value is -1.07. The third kappa shape index (κ3) is 2.74. The van der Waals surface area contributed by atoms with Crippen molar-refractivity contribution in [1.82, 2.24) is 0 Å². The maximum absolute atomic E-state index is 10.8. The molecule has 0 saturated carbocycles. The normalized spacial score (nSPS) is 14.2. The molecule has 16 heavy (non-hydrogen) atoms. The van der Waals surface area contributed by atoms with Gasteiger partial charge in [-0.25, -0.2) is 0 Å². The number of methoxy groups -OCH3 is 1. The quantitative estimate of drug-likeness (QED) is 0.891. The molecule has 1 aromatic rings. The van der Waals surface area contributed by atoms with Crippen LogP contribution in [-0.2, 0) is 4.79 Å². The van der Waals surface area contributed by atoms with E-state index in [0.29, 0.717) is 15.8 Å². The first-order chi connectivity index (χ1) is 7.47. The van der Waals surface area contributed by atoms with Crippen molar-refractivity contribution in [2.45, 2.75) is 13.0 Å². The van der Waals surface area contributed by atoms with E-state index in [-0.39, 0.29) is 0 Å². The predicted octanol–water partition coefficient (Wildman–Crippen LogP) is 2.21. The Balaban J connectivity index is 3.06. The summed E-state index contributed by atoms with van der Waals surface area (Å²) in [6, 6.07) is 5.06. The van der Waals surface area contributed by atoms with Crippen LogP contribution in [0.25, 0.3) is 0 Å². The van der Waals surface area contributed by atoms with Crippen LogP contribution < -0.4 is 4.74 Å². The van der Waals surface area contributed by atoms with Gasteiger partial charge in [0.2, 0.25) is 0 Å². The van der Waals surface area contributed by atoms with Crippen LogP contribution in [-0.4, -0.2) is 23.3 Å². The van der Waals surface area contributed by atoms with Gasteiger partial charge < -0.3 is 14.9 Å². The smallest absolute Gasteiger partial charge is 0.309 e. The van der Waals surface area contributed by atoms with Crippen LogP contribution in [0, 0.1) is 5.92 Å². The maximum atomic E-state index is 10.8. The van der Waals surface area contributed by atoms with Gasteiger partial charge in [0, 0.05) is 4.47 Å². The van der Waals surface area contributed by atoms with Gasteiger partial charge in [0.05, 0.1) is 19.1 Å². The second-order valence-corrected chi connectivity index (χ2v) is 4.31. The number of aliphatic hydroxyl groups is 1. The maximum Gasteiger partial charge on any atom is 0.309 e. The summed E-state index contributed by atoms with van der Waals surface area (Å²) >= 11 is 3.27. The Bertz CT molecular complexity index is 392. The number of ether oxygens (including phenoxy) is 1.